The number of carbonyl (C=O) groups excluding carboxylic acids is 1. The molecule has 1 aliphatic carbocycles. The number of halogens is 2. The molecule has 4 atom stereocenters. The highest BCUT2D eigenvalue weighted by Crippen LogP contribution is 2.52. The van der Waals surface area contributed by atoms with Gasteiger partial charge in [-0.2, -0.15) is 0 Å². The molecule has 1 saturated heterocycles. The molecule has 4 nitrogen and oxygen atoms in total. The summed E-state index contributed by atoms with van der Waals surface area (Å²) in [5, 5.41) is 5.79. The van der Waals surface area contributed by atoms with Gasteiger partial charge >= 0.3 is 6.03 Å². The van der Waals surface area contributed by atoms with Crippen LogP contribution in [0.15, 0.2) is 18.2 Å². The van der Waals surface area contributed by atoms with E-state index in [1.807, 2.05) is 0 Å². The number of rotatable bonds is 3. The summed E-state index contributed by atoms with van der Waals surface area (Å²) in [7, 11) is 0. The predicted octanol–water partition coefficient (Wildman–Crippen LogP) is 3.14. The van der Waals surface area contributed by atoms with Crippen molar-refractivity contribution in [1.82, 2.24) is 10.6 Å². The van der Waals surface area contributed by atoms with Crippen molar-refractivity contribution in [1.29, 1.82) is 0 Å². The third-order valence-corrected chi connectivity index (χ3v) is 5.18. The fourth-order valence-corrected chi connectivity index (χ4v) is 3.86. The first kappa shape index (κ1) is 16.2. The lowest BCUT2D eigenvalue weighted by Gasteiger charge is -2.54. The van der Waals surface area contributed by atoms with Gasteiger partial charge in [0, 0.05) is 24.0 Å². The predicted molar refractivity (Wildman–Crippen MR) is 81.9 cm³/mol. The quantitative estimate of drug-likeness (QED) is 0.897. The maximum atomic E-state index is 13.3. The number of hydrogen-bond donors (Lipinski definition) is 2. The van der Waals surface area contributed by atoms with Gasteiger partial charge in [-0.15, -0.1) is 0 Å². The number of nitrogens with one attached hydrogen (secondary N) is 2. The van der Waals surface area contributed by atoms with Crippen molar-refractivity contribution in [3.63, 3.8) is 0 Å². The molecule has 1 aromatic carbocycles. The van der Waals surface area contributed by atoms with Gasteiger partial charge in [-0.25, -0.2) is 13.6 Å². The first-order chi connectivity index (χ1) is 10.8. The highest BCUT2D eigenvalue weighted by atomic mass is 19.2. The number of hydrogen-bond acceptors (Lipinski definition) is 2. The topological polar surface area (TPSA) is 50.4 Å². The Hall–Kier alpha value is -1.69. The molecule has 0 bridgehead atoms. The van der Waals surface area contributed by atoms with Crippen molar-refractivity contribution in [3.8, 4) is 0 Å². The molecule has 0 aromatic heterocycles. The molecule has 6 heteroatoms. The fraction of sp³-hybridized carbons (Fsp3) is 0.588. The highest BCUT2D eigenvalue weighted by molar-refractivity contribution is 5.75. The molecule has 2 amide bonds. The van der Waals surface area contributed by atoms with Crippen LogP contribution in [0.2, 0.25) is 0 Å². The van der Waals surface area contributed by atoms with Crippen LogP contribution in [0.5, 0.6) is 0 Å². The van der Waals surface area contributed by atoms with Crippen LogP contribution >= 0.6 is 0 Å². The van der Waals surface area contributed by atoms with Gasteiger partial charge in [-0.05, 0) is 31.0 Å². The Kier molecular flexibility index (Phi) is 4.04. The molecule has 2 N–H and O–H groups in total. The van der Waals surface area contributed by atoms with Gasteiger partial charge in [0.2, 0.25) is 0 Å². The maximum absolute atomic E-state index is 13.3. The zero-order valence-corrected chi connectivity index (χ0v) is 13.5. The van der Waals surface area contributed by atoms with E-state index in [0.29, 0.717) is 11.5 Å². The summed E-state index contributed by atoms with van der Waals surface area (Å²) in [5.41, 5.74) is 0.429. The lowest BCUT2D eigenvalue weighted by molar-refractivity contribution is -0.108. The van der Waals surface area contributed by atoms with Crippen molar-refractivity contribution in [2.24, 2.45) is 11.3 Å². The number of ether oxygens (including phenoxy) is 1. The second kappa shape index (κ2) is 5.74. The second-order valence-corrected chi connectivity index (χ2v) is 7.06. The maximum Gasteiger partial charge on any atom is 0.315 e. The minimum absolute atomic E-state index is 0.0622. The molecule has 1 saturated carbocycles. The third kappa shape index (κ3) is 2.80. The van der Waals surface area contributed by atoms with E-state index >= 15 is 0 Å². The Bertz CT molecular complexity index is 621. The normalized spacial score (nSPS) is 29.3. The smallest absolute Gasteiger partial charge is 0.315 e. The molecule has 23 heavy (non-hydrogen) atoms. The van der Waals surface area contributed by atoms with Crippen LogP contribution in [0.3, 0.4) is 0 Å². The van der Waals surface area contributed by atoms with Gasteiger partial charge in [0.15, 0.2) is 11.6 Å². The summed E-state index contributed by atoms with van der Waals surface area (Å²) >= 11 is 0. The highest BCUT2D eigenvalue weighted by Gasteiger charge is 2.59. The SMILES string of the molecule is C[C@H](NC(=O)N[C@@H]1[C@H]2CCO[C@H]2C1(C)C)c1ccc(F)c(F)c1. The van der Waals surface area contributed by atoms with Crippen LogP contribution in [0.4, 0.5) is 13.6 Å². The Labute approximate surface area is 134 Å². The summed E-state index contributed by atoms with van der Waals surface area (Å²) < 4.78 is 32.0. The molecule has 0 spiro atoms. The first-order valence-corrected chi connectivity index (χ1v) is 7.94. The van der Waals surface area contributed by atoms with E-state index in [2.05, 4.69) is 24.5 Å². The molecule has 0 unspecified atom stereocenters. The molecule has 126 valence electrons. The number of urea groups is 1. The zero-order valence-electron chi connectivity index (χ0n) is 13.5. The van der Waals surface area contributed by atoms with E-state index in [1.54, 1.807) is 6.92 Å². The fourth-order valence-electron chi connectivity index (χ4n) is 3.86. The van der Waals surface area contributed by atoms with Crippen molar-refractivity contribution < 1.29 is 18.3 Å². The summed E-state index contributed by atoms with van der Waals surface area (Å²) in [6.07, 6.45) is 1.16. The third-order valence-electron chi connectivity index (χ3n) is 5.18. The summed E-state index contributed by atoms with van der Waals surface area (Å²) in [5.74, 6) is -1.45. The van der Waals surface area contributed by atoms with Gasteiger partial charge in [0.25, 0.3) is 0 Å². The Balaban J connectivity index is 1.60. The van der Waals surface area contributed by atoms with Crippen molar-refractivity contribution >= 4 is 6.03 Å². The van der Waals surface area contributed by atoms with Gasteiger partial charge in [0.1, 0.15) is 0 Å². The van der Waals surface area contributed by atoms with Crippen LogP contribution in [0.25, 0.3) is 0 Å². The minimum Gasteiger partial charge on any atom is -0.377 e. The molecule has 2 aliphatic rings. The van der Waals surface area contributed by atoms with Crippen molar-refractivity contribution in [3.05, 3.63) is 35.4 Å². The molecular formula is C17H22F2N2O2. The molecule has 1 aromatic rings. The number of benzene rings is 1. The van der Waals surface area contributed by atoms with Crippen LogP contribution in [0.1, 0.15) is 38.8 Å². The van der Waals surface area contributed by atoms with Crippen LogP contribution in [0, 0.1) is 23.0 Å². The lowest BCUT2D eigenvalue weighted by Crippen LogP contribution is -2.67. The molecule has 1 aliphatic heterocycles. The van der Waals surface area contributed by atoms with Crippen molar-refractivity contribution in [2.75, 3.05) is 6.61 Å². The minimum atomic E-state index is -0.914. The average Bonchev–Trinajstić information content (AvgIpc) is 2.94. The van der Waals surface area contributed by atoms with E-state index in [-0.39, 0.29) is 23.6 Å². The van der Waals surface area contributed by atoms with Gasteiger partial charge in [0.05, 0.1) is 12.1 Å². The van der Waals surface area contributed by atoms with Gasteiger partial charge in [-0.1, -0.05) is 19.9 Å². The largest absolute Gasteiger partial charge is 0.377 e. The zero-order chi connectivity index (χ0) is 16.8. The number of carbonyl (C=O) groups is 1. The summed E-state index contributed by atoms with van der Waals surface area (Å²) in [6.45, 7) is 6.65. The van der Waals surface area contributed by atoms with E-state index in [9.17, 15) is 13.6 Å². The summed E-state index contributed by atoms with van der Waals surface area (Å²) in [4.78, 5) is 12.2. The molecule has 0 radical (unpaired) electrons. The van der Waals surface area contributed by atoms with Crippen molar-refractivity contribution in [2.45, 2.75) is 45.4 Å². The monoisotopic (exact) mass is 324 g/mol. The standard InChI is InChI=1S/C17H22F2N2O2/c1-9(10-4-5-12(18)13(19)8-10)20-16(22)21-14-11-6-7-23-15(11)17(14,2)3/h4-5,8-9,11,14-15H,6-7H2,1-3H3,(H2,20,21,22)/t9-,11+,14+,15+/m0/s1. The van der Waals surface area contributed by atoms with E-state index in [0.717, 1.165) is 25.2 Å². The van der Waals surface area contributed by atoms with Crippen LogP contribution < -0.4 is 10.6 Å². The van der Waals surface area contributed by atoms with Gasteiger partial charge < -0.3 is 15.4 Å². The van der Waals surface area contributed by atoms with Gasteiger partial charge in [-0.3, -0.25) is 0 Å². The Morgan fingerprint density at radius 3 is 2.78 bits per heavy atom. The number of fused-ring (bicyclic) bond motifs is 1. The molecular weight excluding hydrogens is 302 g/mol. The molecule has 2 fully saturated rings. The Morgan fingerprint density at radius 1 is 1.35 bits per heavy atom. The second-order valence-electron chi connectivity index (χ2n) is 7.06. The lowest BCUT2D eigenvalue weighted by atomic mass is 9.57. The van der Waals surface area contributed by atoms with E-state index in [4.69, 9.17) is 4.74 Å². The van der Waals surface area contributed by atoms with E-state index < -0.39 is 17.7 Å². The number of amides is 2. The van der Waals surface area contributed by atoms with Crippen LogP contribution in [-0.2, 0) is 4.74 Å². The van der Waals surface area contributed by atoms with Crippen LogP contribution in [-0.4, -0.2) is 24.8 Å². The average molecular weight is 324 g/mol. The summed E-state index contributed by atoms with van der Waals surface area (Å²) in [6, 6.07) is 2.99. The van der Waals surface area contributed by atoms with E-state index in [1.165, 1.54) is 6.07 Å². The Morgan fingerprint density at radius 2 is 2.09 bits per heavy atom. The molecule has 3 rings (SSSR count). The molecule has 1 heterocycles. The first-order valence-electron chi connectivity index (χ1n) is 7.94.